The first-order valence-electron chi connectivity index (χ1n) is 6.81. The first-order chi connectivity index (χ1) is 10.2. The van der Waals surface area contributed by atoms with Gasteiger partial charge in [-0.2, -0.15) is 0 Å². The standard InChI is InChI=1S/C16H22O5/c1-5-6-11-21-15(17)10-7-12-13(18-2)8-9-14(19-3)16(12)20-4/h7-10H,5-6,11H2,1-4H3. The molecule has 1 aromatic carbocycles. The van der Waals surface area contributed by atoms with Crippen LogP contribution in [0.15, 0.2) is 18.2 Å². The number of carbonyl (C=O) groups excluding carboxylic acids is 1. The van der Waals surface area contributed by atoms with Crippen LogP contribution in [0.2, 0.25) is 0 Å². The van der Waals surface area contributed by atoms with Crippen LogP contribution < -0.4 is 14.2 Å². The maximum absolute atomic E-state index is 11.6. The van der Waals surface area contributed by atoms with Crippen LogP contribution in [-0.4, -0.2) is 33.9 Å². The molecule has 0 amide bonds. The number of carbonyl (C=O) groups is 1. The van der Waals surface area contributed by atoms with Gasteiger partial charge in [0.25, 0.3) is 0 Å². The molecule has 0 heterocycles. The molecule has 5 heteroatoms. The first kappa shape index (κ1) is 16.9. The van der Waals surface area contributed by atoms with Gasteiger partial charge in [0, 0.05) is 6.08 Å². The highest BCUT2D eigenvalue weighted by molar-refractivity contribution is 5.88. The molecule has 0 aliphatic heterocycles. The third kappa shape index (κ3) is 4.70. The number of methoxy groups -OCH3 is 3. The normalized spacial score (nSPS) is 10.5. The van der Waals surface area contributed by atoms with Crippen LogP contribution in [0.4, 0.5) is 0 Å². The lowest BCUT2D eigenvalue weighted by atomic mass is 10.1. The second-order valence-corrected chi connectivity index (χ2v) is 4.27. The van der Waals surface area contributed by atoms with E-state index in [-0.39, 0.29) is 0 Å². The molecule has 0 aliphatic rings. The van der Waals surface area contributed by atoms with Gasteiger partial charge in [0.2, 0.25) is 0 Å². The molecule has 0 atom stereocenters. The van der Waals surface area contributed by atoms with Gasteiger partial charge in [-0.25, -0.2) is 4.79 Å². The number of hydrogen-bond acceptors (Lipinski definition) is 5. The molecule has 5 nitrogen and oxygen atoms in total. The lowest BCUT2D eigenvalue weighted by molar-refractivity contribution is -0.137. The van der Waals surface area contributed by atoms with Crippen LogP contribution in [0.3, 0.4) is 0 Å². The van der Waals surface area contributed by atoms with Gasteiger partial charge in [-0.05, 0) is 24.6 Å². The average molecular weight is 294 g/mol. The lowest BCUT2D eigenvalue weighted by Crippen LogP contribution is -2.02. The molecular weight excluding hydrogens is 272 g/mol. The Morgan fingerprint density at radius 1 is 1.10 bits per heavy atom. The van der Waals surface area contributed by atoms with Gasteiger partial charge in [-0.3, -0.25) is 0 Å². The van der Waals surface area contributed by atoms with Gasteiger partial charge >= 0.3 is 5.97 Å². The molecule has 1 rings (SSSR count). The van der Waals surface area contributed by atoms with Crippen LogP contribution in [0.25, 0.3) is 6.08 Å². The third-order valence-electron chi connectivity index (χ3n) is 2.89. The molecule has 0 radical (unpaired) electrons. The summed E-state index contributed by atoms with van der Waals surface area (Å²) >= 11 is 0. The molecule has 0 N–H and O–H groups in total. The highest BCUT2D eigenvalue weighted by atomic mass is 16.5. The summed E-state index contributed by atoms with van der Waals surface area (Å²) in [4.78, 5) is 11.6. The SMILES string of the molecule is CCCCOC(=O)C=Cc1c(OC)ccc(OC)c1OC. The monoisotopic (exact) mass is 294 g/mol. The molecule has 0 saturated heterocycles. The highest BCUT2D eigenvalue weighted by Gasteiger charge is 2.13. The van der Waals surface area contributed by atoms with Crippen molar-refractivity contribution in [3.8, 4) is 17.2 Å². The Labute approximate surface area is 125 Å². The second-order valence-electron chi connectivity index (χ2n) is 4.27. The Balaban J connectivity index is 2.96. The second kappa shape index (κ2) is 8.89. The van der Waals surface area contributed by atoms with Crippen molar-refractivity contribution in [3.63, 3.8) is 0 Å². The molecule has 0 aromatic heterocycles. The summed E-state index contributed by atoms with van der Waals surface area (Å²) in [6.07, 6.45) is 4.80. The molecule has 0 fully saturated rings. The number of rotatable bonds is 8. The molecule has 21 heavy (non-hydrogen) atoms. The van der Waals surface area contributed by atoms with E-state index < -0.39 is 5.97 Å². The van der Waals surface area contributed by atoms with Crippen molar-refractivity contribution in [2.45, 2.75) is 19.8 Å². The Kier molecular flexibility index (Phi) is 7.15. The van der Waals surface area contributed by atoms with Crippen LogP contribution in [-0.2, 0) is 9.53 Å². The van der Waals surface area contributed by atoms with Crippen LogP contribution in [0.1, 0.15) is 25.3 Å². The number of benzene rings is 1. The highest BCUT2D eigenvalue weighted by Crippen LogP contribution is 2.38. The van der Waals surface area contributed by atoms with Gasteiger partial charge in [-0.15, -0.1) is 0 Å². The fraction of sp³-hybridized carbons (Fsp3) is 0.438. The lowest BCUT2D eigenvalue weighted by Gasteiger charge is -2.13. The molecular formula is C16H22O5. The maximum atomic E-state index is 11.6. The summed E-state index contributed by atoms with van der Waals surface area (Å²) in [6.45, 7) is 2.46. The van der Waals surface area contributed by atoms with Crippen LogP contribution >= 0.6 is 0 Å². The molecule has 0 unspecified atom stereocenters. The minimum Gasteiger partial charge on any atom is -0.496 e. The average Bonchev–Trinajstić information content (AvgIpc) is 2.51. The molecule has 1 aromatic rings. The summed E-state index contributed by atoms with van der Waals surface area (Å²) in [7, 11) is 4.64. The fourth-order valence-electron chi connectivity index (χ4n) is 1.79. The van der Waals surface area contributed by atoms with Crippen LogP contribution in [0, 0.1) is 0 Å². The predicted octanol–water partition coefficient (Wildman–Crippen LogP) is 3.07. The van der Waals surface area contributed by atoms with E-state index in [1.807, 2.05) is 6.92 Å². The van der Waals surface area contributed by atoms with Gasteiger partial charge in [0.15, 0.2) is 11.5 Å². The molecule has 116 valence electrons. The molecule has 0 saturated carbocycles. The van der Waals surface area contributed by atoms with Gasteiger partial charge < -0.3 is 18.9 Å². The van der Waals surface area contributed by atoms with Crippen molar-refractivity contribution in [2.75, 3.05) is 27.9 Å². The topological polar surface area (TPSA) is 54.0 Å². The molecule has 0 aliphatic carbocycles. The van der Waals surface area contributed by atoms with E-state index >= 15 is 0 Å². The number of esters is 1. The summed E-state index contributed by atoms with van der Waals surface area (Å²) in [6, 6.07) is 3.50. The Morgan fingerprint density at radius 3 is 2.33 bits per heavy atom. The van der Waals surface area contributed by atoms with Crippen molar-refractivity contribution in [3.05, 3.63) is 23.8 Å². The summed E-state index contributed by atoms with van der Waals surface area (Å²) < 4.78 is 20.9. The summed E-state index contributed by atoms with van der Waals surface area (Å²) in [5, 5.41) is 0. The number of unbranched alkanes of at least 4 members (excludes halogenated alkanes) is 1. The van der Waals surface area contributed by atoms with E-state index in [0.29, 0.717) is 29.4 Å². The number of hydrogen-bond donors (Lipinski definition) is 0. The van der Waals surface area contributed by atoms with Gasteiger partial charge in [0.1, 0.15) is 5.75 Å². The third-order valence-corrected chi connectivity index (χ3v) is 2.89. The minimum absolute atomic E-state index is 0.393. The molecule has 0 spiro atoms. The van der Waals surface area contributed by atoms with Crippen molar-refractivity contribution >= 4 is 12.0 Å². The minimum atomic E-state index is -0.393. The smallest absolute Gasteiger partial charge is 0.330 e. The van der Waals surface area contributed by atoms with Crippen molar-refractivity contribution in [2.24, 2.45) is 0 Å². The van der Waals surface area contributed by atoms with E-state index in [4.69, 9.17) is 18.9 Å². The first-order valence-corrected chi connectivity index (χ1v) is 6.81. The van der Waals surface area contributed by atoms with Gasteiger partial charge in [-0.1, -0.05) is 13.3 Å². The van der Waals surface area contributed by atoms with E-state index in [0.717, 1.165) is 12.8 Å². The fourth-order valence-corrected chi connectivity index (χ4v) is 1.79. The van der Waals surface area contributed by atoms with Gasteiger partial charge in [0.05, 0.1) is 33.5 Å². The van der Waals surface area contributed by atoms with E-state index in [1.165, 1.54) is 13.2 Å². The van der Waals surface area contributed by atoms with Crippen LogP contribution in [0.5, 0.6) is 17.2 Å². The largest absolute Gasteiger partial charge is 0.496 e. The van der Waals surface area contributed by atoms with Crippen molar-refractivity contribution in [1.29, 1.82) is 0 Å². The Hall–Kier alpha value is -2.17. The Bertz CT molecular complexity index is 494. The quantitative estimate of drug-likeness (QED) is 0.419. The number of ether oxygens (including phenoxy) is 4. The summed E-state index contributed by atoms with van der Waals surface area (Å²) in [5.74, 6) is 1.27. The zero-order chi connectivity index (χ0) is 15.7. The van der Waals surface area contributed by atoms with E-state index in [9.17, 15) is 4.79 Å². The maximum Gasteiger partial charge on any atom is 0.330 e. The summed E-state index contributed by atoms with van der Waals surface area (Å²) in [5.41, 5.74) is 0.631. The predicted molar refractivity (Wildman–Crippen MR) is 81.0 cm³/mol. The zero-order valence-electron chi connectivity index (χ0n) is 13.0. The van der Waals surface area contributed by atoms with E-state index in [1.54, 1.807) is 32.4 Å². The van der Waals surface area contributed by atoms with E-state index in [2.05, 4.69) is 0 Å². The van der Waals surface area contributed by atoms with Crippen molar-refractivity contribution in [1.82, 2.24) is 0 Å². The molecule has 0 bridgehead atoms. The Morgan fingerprint density at radius 2 is 1.76 bits per heavy atom. The van der Waals surface area contributed by atoms with Crippen molar-refractivity contribution < 1.29 is 23.7 Å². The zero-order valence-corrected chi connectivity index (χ0v) is 13.0.